The zero-order valence-electron chi connectivity index (χ0n) is 17.3. The van der Waals surface area contributed by atoms with Crippen LogP contribution in [-0.2, 0) is 11.4 Å². The van der Waals surface area contributed by atoms with Crippen LogP contribution < -0.4 is 4.74 Å². The summed E-state index contributed by atoms with van der Waals surface area (Å²) in [6, 6.07) is 15.2. The molecule has 1 amide bonds. The van der Waals surface area contributed by atoms with E-state index in [9.17, 15) is 4.79 Å². The van der Waals surface area contributed by atoms with Crippen molar-refractivity contribution in [3.05, 3.63) is 93.3 Å². The molecule has 1 fully saturated rings. The fraction of sp³-hybridized carbons (Fsp3) is 0.125. The second-order valence-electron chi connectivity index (χ2n) is 6.90. The summed E-state index contributed by atoms with van der Waals surface area (Å²) >= 11 is 9.01. The number of halogens is 1. The van der Waals surface area contributed by atoms with Crippen LogP contribution >= 0.6 is 34.7 Å². The number of thioether (sulfide) groups is 1. The Labute approximate surface area is 200 Å². The van der Waals surface area contributed by atoms with E-state index in [0.717, 1.165) is 16.8 Å². The number of benzene rings is 2. The average Bonchev–Trinajstić information content (AvgIpc) is 3.32. The normalized spacial score (nSPS) is 16.2. The van der Waals surface area contributed by atoms with Gasteiger partial charge < -0.3 is 4.74 Å². The van der Waals surface area contributed by atoms with Crippen molar-refractivity contribution in [3.63, 3.8) is 0 Å². The Bertz CT molecular complexity index is 1220. The summed E-state index contributed by atoms with van der Waals surface area (Å²) in [7, 11) is 0. The summed E-state index contributed by atoms with van der Waals surface area (Å²) in [6.45, 7) is 6.39. The van der Waals surface area contributed by atoms with Crippen molar-refractivity contribution in [2.24, 2.45) is 4.99 Å². The molecule has 0 atom stereocenters. The van der Waals surface area contributed by atoms with Crippen molar-refractivity contribution in [1.29, 1.82) is 0 Å². The average molecular weight is 482 g/mol. The van der Waals surface area contributed by atoms with Crippen molar-refractivity contribution in [2.45, 2.75) is 13.5 Å². The van der Waals surface area contributed by atoms with Gasteiger partial charge in [-0.05, 0) is 36.9 Å². The highest BCUT2D eigenvalue weighted by Gasteiger charge is 2.33. The predicted molar refractivity (Wildman–Crippen MR) is 134 cm³/mol. The molecule has 1 saturated heterocycles. The predicted octanol–water partition coefficient (Wildman–Crippen LogP) is 6.47. The van der Waals surface area contributed by atoms with Gasteiger partial charge in [0, 0.05) is 28.1 Å². The highest BCUT2D eigenvalue weighted by atomic mass is 35.5. The number of aromatic nitrogens is 1. The maximum Gasteiger partial charge on any atom is 0.267 e. The maximum atomic E-state index is 13.1. The van der Waals surface area contributed by atoms with E-state index >= 15 is 0 Å². The standard InChI is InChI=1S/C24H20ClN3O2S2/c1-3-12-28-22(29)21(32-24(28)27-23-26-16(2)15-31-23)13-17-8-5-7-11-20(17)30-14-18-9-4-6-10-19(18)25/h3-11,13,15H,1,12,14H2,2H3/b21-13-,27-24+. The van der Waals surface area contributed by atoms with E-state index in [4.69, 9.17) is 16.3 Å². The van der Waals surface area contributed by atoms with E-state index in [0.29, 0.717) is 39.1 Å². The molecule has 4 rings (SSSR count). The second kappa shape index (κ2) is 10.2. The van der Waals surface area contributed by atoms with E-state index in [1.165, 1.54) is 23.1 Å². The fourth-order valence-electron chi connectivity index (χ4n) is 3.00. The van der Waals surface area contributed by atoms with Gasteiger partial charge in [0.1, 0.15) is 12.4 Å². The lowest BCUT2D eigenvalue weighted by molar-refractivity contribution is -0.121. The number of amides is 1. The quantitative estimate of drug-likeness (QED) is 0.286. The number of para-hydroxylation sites is 1. The Morgan fingerprint density at radius 3 is 2.75 bits per heavy atom. The molecule has 0 aliphatic carbocycles. The molecule has 1 aromatic heterocycles. The second-order valence-corrected chi connectivity index (χ2v) is 9.15. The van der Waals surface area contributed by atoms with Gasteiger partial charge in [0.15, 0.2) is 5.17 Å². The zero-order chi connectivity index (χ0) is 22.5. The number of carbonyl (C=O) groups excluding carboxylic acids is 1. The number of amidine groups is 1. The number of thiazole rings is 1. The molecule has 8 heteroatoms. The lowest BCUT2D eigenvalue weighted by Gasteiger charge is -2.12. The minimum Gasteiger partial charge on any atom is -0.488 e. The molecule has 3 aromatic rings. The third-order valence-corrected chi connectivity index (χ3v) is 6.77. The summed E-state index contributed by atoms with van der Waals surface area (Å²) in [4.78, 5) is 24.2. The van der Waals surface area contributed by atoms with Crippen molar-refractivity contribution in [1.82, 2.24) is 9.88 Å². The van der Waals surface area contributed by atoms with Crippen molar-refractivity contribution in [3.8, 4) is 5.75 Å². The zero-order valence-corrected chi connectivity index (χ0v) is 19.7. The van der Waals surface area contributed by atoms with Crippen LogP contribution in [0.5, 0.6) is 5.75 Å². The third-order valence-electron chi connectivity index (χ3n) is 4.54. The first-order valence-electron chi connectivity index (χ1n) is 9.83. The number of hydrogen-bond acceptors (Lipinski definition) is 6. The van der Waals surface area contributed by atoms with Crippen LogP contribution in [0.25, 0.3) is 6.08 Å². The summed E-state index contributed by atoms with van der Waals surface area (Å²) < 4.78 is 6.03. The van der Waals surface area contributed by atoms with Gasteiger partial charge in [0.05, 0.1) is 10.6 Å². The lowest BCUT2D eigenvalue weighted by atomic mass is 10.1. The van der Waals surface area contributed by atoms with Gasteiger partial charge in [-0.25, -0.2) is 4.98 Å². The van der Waals surface area contributed by atoms with Crippen LogP contribution in [0.2, 0.25) is 5.02 Å². The van der Waals surface area contributed by atoms with Crippen LogP contribution in [0.1, 0.15) is 16.8 Å². The number of aryl methyl sites for hydroxylation is 1. The molecular formula is C24H20ClN3O2S2. The highest BCUT2D eigenvalue weighted by Crippen LogP contribution is 2.36. The maximum absolute atomic E-state index is 13.1. The van der Waals surface area contributed by atoms with E-state index in [1.807, 2.05) is 66.9 Å². The first kappa shape index (κ1) is 22.3. The molecule has 2 heterocycles. The van der Waals surface area contributed by atoms with Gasteiger partial charge >= 0.3 is 0 Å². The van der Waals surface area contributed by atoms with E-state index < -0.39 is 0 Å². The monoisotopic (exact) mass is 481 g/mol. The molecule has 0 N–H and O–H groups in total. The number of aliphatic imine (C=N–C) groups is 1. The number of nitrogens with zero attached hydrogens (tertiary/aromatic N) is 3. The summed E-state index contributed by atoms with van der Waals surface area (Å²) in [5, 5.41) is 3.80. The molecular weight excluding hydrogens is 462 g/mol. The molecule has 0 bridgehead atoms. The minimum atomic E-state index is -0.122. The minimum absolute atomic E-state index is 0.122. The Kier molecular flexibility index (Phi) is 7.09. The van der Waals surface area contributed by atoms with Crippen LogP contribution in [0.3, 0.4) is 0 Å². The molecule has 2 aromatic carbocycles. The largest absolute Gasteiger partial charge is 0.488 e. The summed E-state index contributed by atoms with van der Waals surface area (Å²) in [5.41, 5.74) is 2.60. The van der Waals surface area contributed by atoms with Crippen molar-refractivity contribution in [2.75, 3.05) is 6.54 Å². The Hall–Kier alpha value is -2.87. The first-order chi connectivity index (χ1) is 15.5. The molecule has 162 valence electrons. The number of hydrogen-bond donors (Lipinski definition) is 0. The molecule has 1 aliphatic rings. The Morgan fingerprint density at radius 2 is 2.00 bits per heavy atom. The Morgan fingerprint density at radius 1 is 1.22 bits per heavy atom. The van der Waals surface area contributed by atoms with E-state index in [1.54, 1.807) is 11.0 Å². The molecule has 0 radical (unpaired) electrons. The number of carbonyl (C=O) groups is 1. The van der Waals surface area contributed by atoms with Crippen LogP contribution in [0.4, 0.5) is 5.13 Å². The molecule has 1 aliphatic heterocycles. The molecule has 0 saturated carbocycles. The molecule has 0 unspecified atom stereocenters. The van der Waals surface area contributed by atoms with Gasteiger partial charge in [-0.1, -0.05) is 54.1 Å². The number of rotatable bonds is 7. The molecule has 5 nitrogen and oxygen atoms in total. The molecule has 0 spiro atoms. The van der Waals surface area contributed by atoms with E-state index in [-0.39, 0.29) is 5.91 Å². The molecule has 32 heavy (non-hydrogen) atoms. The number of ether oxygens (including phenoxy) is 1. The van der Waals surface area contributed by atoms with Gasteiger partial charge in [-0.15, -0.1) is 17.9 Å². The van der Waals surface area contributed by atoms with Gasteiger partial charge in [0.25, 0.3) is 5.91 Å². The highest BCUT2D eigenvalue weighted by molar-refractivity contribution is 8.18. The first-order valence-corrected chi connectivity index (χ1v) is 11.9. The van der Waals surface area contributed by atoms with Gasteiger partial charge in [0.2, 0.25) is 5.13 Å². The third kappa shape index (κ3) is 5.12. The topological polar surface area (TPSA) is 54.8 Å². The van der Waals surface area contributed by atoms with Gasteiger partial charge in [-0.2, -0.15) is 4.99 Å². The fourth-order valence-corrected chi connectivity index (χ4v) is 4.89. The summed E-state index contributed by atoms with van der Waals surface area (Å²) in [6.07, 6.45) is 3.52. The van der Waals surface area contributed by atoms with Crippen molar-refractivity contribution >= 4 is 57.0 Å². The van der Waals surface area contributed by atoms with Crippen LogP contribution in [0, 0.1) is 6.92 Å². The van der Waals surface area contributed by atoms with Crippen LogP contribution in [0.15, 0.2) is 76.5 Å². The van der Waals surface area contributed by atoms with E-state index in [2.05, 4.69) is 16.6 Å². The lowest BCUT2D eigenvalue weighted by Crippen LogP contribution is -2.29. The van der Waals surface area contributed by atoms with Crippen LogP contribution in [-0.4, -0.2) is 27.5 Å². The smallest absolute Gasteiger partial charge is 0.267 e. The SMILES string of the molecule is C=CCN1C(=O)/C(=C/c2ccccc2OCc2ccccc2Cl)S/C1=N/c1nc(C)cs1. The summed E-state index contributed by atoms with van der Waals surface area (Å²) in [5.74, 6) is 0.548. The Balaban J connectivity index is 1.60. The van der Waals surface area contributed by atoms with Crippen molar-refractivity contribution < 1.29 is 9.53 Å². The van der Waals surface area contributed by atoms with Gasteiger partial charge in [-0.3, -0.25) is 9.69 Å².